The molecule has 0 aromatic rings. The molecule has 5 nitrogen and oxygen atoms in total. The van der Waals surface area contributed by atoms with Crippen LogP contribution < -0.4 is 14.9 Å². The Morgan fingerprint density at radius 1 is 1.40 bits per heavy atom. The maximum absolute atomic E-state index is 10.2. The van der Waals surface area contributed by atoms with E-state index in [4.69, 9.17) is 0 Å². The predicted molar refractivity (Wildman–Crippen MR) is 24.6 cm³/mol. The van der Waals surface area contributed by atoms with Crippen LogP contribution in [0.5, 0.6) is 0 Å². The molecule has 0 heterocycles. The third kappa shape index (κ3) is 0.868. The summed E-state index contributed by atoms with van der Waals surface area (Å²) in [5, 5.41) is 7.98. The van der Waals surface area contributed by atoms with Gasteiger partial charge in [0.1, 0.15) is 0 Å². The van der Waals surface area contributed by atoms with Crippen LogP contribution in [0.2, 0.25) is 0 Å². The van der Waals surface area contributed by atoms with Crippen molar-refractivity contribution in [1.82, 2.24) is 0 Å². The van der Waals surface area contributed by atoms with E-state index in [-0.39, 0.29) is 12.8 Å². The molecule has 0 bridgehead atoms. The molecule has 0 unspecified atom stereocenters. The van der Waals surface area contributed by atoms with Crippen LogP contribution in [-0.2, 0) is 9.36 Å². The third-order valence-electron chi connectivity index (χ3n) is 1.63. The Hall–Kier alpha value is -0.380. The van der Waals surface area contributed by atoms with Gasteiger partial charge in [0.05, 0.1) is 5.97 Å². The van der Waals surface area contributed by atoms with Crippen molar-refractivity contribution < 1.29 is 24.3 Å². The number of carbonyl (C=O) groups excluding carboxylic acids is 1. The van der Waals surface area contributed by atoms with Gasteiger partial charge in [-0.1, -0.05) is 7.60 Å². The molecule has 6 heteroatoms. The largest absolute Gasteiger partial charge is 0.810 e. The first-order valence-corrected chi connectivity index (χ1v) is 4.18. The van der Waals surface area contributed by atoms with Gasteiger partial charge in [-0.2, -0.15) is 0 Å². The molecule has 0 saturated heterocycles. The van der Waals surface area contributed by atoms with Crippen molar-refractivity contribution in [3.05, 3.63) is 0 Å². The fourth-order valence-corrected chi connectivity index (χ4v) is 1.59. The van der Waals surface area contributed by atoms with Gasteiger partial charge in [0.15, 0.2) is 0 Å². The molecule has 0 aromatic carbocycles. The first kappa shape index (κ1) is 7.72. The smallest absolute Gasteiger partial charge is 0.0526 e. The zero-order valence-corrected chi connectivity index (χ0v) is 5.80. The van der Waals surface area contributed by atoms with Gasteiger partial charge in [0.25, 0.3) is 0 Å². The predicted octanol–water partition coefficient (Wildman–Crippen LogP) is -2.82. The Labute approximate surface area is 56.8 Å². The maximum atomic E-state index is 10.2. The lowest BCUT2D eigenvalue weighted by atomic mass is 10.4. The van der Waals surface area contributed by atoms with Crippen LogP contribution in [0, 0.1) is 0 Å². The quantitative estimate of drug-likeness (QED) is 0.408. The highest BCUT2D eigenvalue weighted by molar-refractivity contribution is 7.52. The second-order valence-electron chi connectivity index (χ2n) is 2.32. The van der Waals surface area contributed by atoms with Gasteiger partial charge in [-0.15, -0.1) is 0 Å². The second kappa shape index (κ2) is 1.81. The van der Waals surface area contributed by atoms with E-state index >= 15 is 0 Å². The number of rotatable bonds is 2. The van der Waals surface area contributed by atoms with Gasteiger partial charge < -0.3 is 24.3 Å². The minimum absolute atomic E-state index is 0.0976. The summed E-state index contributed by atoms with van der Waals surface area (Å²) in [5.74, 6) is -1.76. The molecule has 1 rings (SSSR count). The SMILES string of the molecule is O=C([O-])C1(P(=O)([O-])[O-])CC1. The highest BCUT2D eigenvalue weighted by Gasteiger charge is 2.47. The van der Waals surface area contributed by atoms with E-state index in [1.807, 2.05) is 0 Å². The van der Waals surface area contributed by atoms with Crippen LogP contribution in [-0.4, -0.2) is 11.1 Å². The minimum atomic E-state index is -4.98. The molecule has 0 aromatic heterocycles. The number of hydrogen-bond donors (Lipinski definition) is 0. The van der Waals surface area contributed by atoms with Crippen molar-refractivity contribution in [2.24, 2.45) is 0 Å². The minimum Gasteiger partial charge on any atom is -0.810 e. The van der Waals surface area contributed by atoms with Crippen LogP contribution in [0.1, 0.15) is 12.8 Å². The van der Waals surface area contributed by atoms with E-state index in [1.165, 1.54) is 0 Å². The van der Waals surface area contributed by atoms with E-state index in [0.717, 1.165) is 0 Å². The Balaban J connectivity index is 2.91. The third-order valence-corrected chi connectivity index (χ3v) is 3.31. The van der Waals surface area contributed by atoms with Gasteiger partial charge in [-0.25, -0.2) is 0 Å². The van der Waals surface area contributed by atoms with Gasteiger partial charge in [-0.3, -0.25) is 0 Å². The summed E-state index contributed by atoms with van der Waals surface area (Å²) >= 11 is 0. The van der Waals surface area contributed by atoms with Crippen LogP contribution >= 0.6 is 7.60 Å². The summed E-state index contributed by atoms with van der Waals surface area (Å²) in [6, 6.07) is 0. The summed E-state index contributed by atoms with van der Waals surface area (Å²) in [4.78, 5) is 30.5. The molecule has 58 valence electrons. The van der Waals surface area contributed by atoms with Gasteiger partial charge in [0.2, 0.25) is 0 Å². The number of carboxylic acid groups (broad SMARTS) is 1. The topological polar surface area (TPSA) is 103 Å². The van der Waals surface area contributed by atoms with Crippen molar-refractivity contribution >= 4 is 13.6 Å². The molecule has 0 N–H and O–H groups in total. The average molecular weight is 163 g/mol. The summed E-state index contributed by atoms with van der Waals surface area (Å²) in [6.45, 7) is 0. The highest BCUT2D eigenvalue weighted by Crippen LogP contribution is 2.59. The summed E-state index contributed by atoms with van der Waals surface area (Å²) in [7, 11) is -4.98. The van der Waals surface area contributed by atoms with Gasteiger partial charge >= 0.3 is 0 Å². The van der Waals surface area contributed by atoms with Crippen molar-refractivity contribution in [2.75, 3.05) is 0 Å². The number of aliphatic carboxylic acids is 1. The molecule has 0 radical (unpaired) electrons. The summed E-state index contributed by atoms with van der Waals surface area (Å²) in [5.41, 5.74) is 0. The molecule has 1 fully saturated rings. The molecular weight excluding hydrogens is 159 g/mol. The van der Waals surface area contributed by atoms with Gasteiger partial charge in [0, 0.05) is 5.16 Å². The molecule has 1 aliphatic rings. The van der Waals surface area contributed by atoms with E-state index in [0.29, 0.717) is 0 Å². The number of hydrogen-bond acceptors (Lipinski definition) is 5. The highest BCUT2D eigenvalue weighted by atomic mass is 31.2. The Bertz CT molecular complexity index is 212. The number of carboxylic acids is 1. The molecule has 0 atom stereocenters. The average Bonchev–Trinajstić information content (AvgIpc) is 2.36. The normalized spacial score (nSPS) is 22.2. The van der Waals surface area contributed by atoms with E-state index in [1.54, 1.807) is 0 Å². The molecule has 10 heavy (non-hydrogen) atoms. The molecular formula is C4H4O5P-3. The van der Waals surface area contributed by atoms with Crippen molar-refractivity contribution in [1.29, 1.82) is 0 Å². The summed E-state index contributed by atoms with van der Waals surface area (Å²) < 4.78 is 10.2. The molecule has 0 aliphatic heterocycles. The van der Waals surface area contributed by atoms with Crippen LogP contribution in [0.25, 0.3) is 0 Å². The van der Waals surface area contributed by atoms with E-state index in [9.17, 15) is 24.3 Å². The van der Waals surface area contributed by atoms with E-state index < -0.39 is 18.7 Å². The molecule has 1 aliphatic carbocycles. The maximum Gasteiger partial charge on any atom is 0.0526 e. The van der Waals surface area contributed by atoms with Crippen molar-refractivity contribution in [2.45, 2.75) is 18.0 Å². The van der Waals surface area contributed by atoms with Crippen LogP contribution in [0.15, 0.2) is 0 Å². The Morgan fingerprint density at radius 3 is 1.80 bits per heavy atom. The van der Waals surface area contributed by atoms with Gasteiger partial charge in [-0.05, 0) is 12.8 Å². The summed E-state index contributed by atoms with van der Waals surface area (Å²) in [6.07, 6.45) is -0.195. The van der Waals surface area contributed by atoms with Crippen molar-refractivity contribution in [3.63, 3.8) is 0 Å². The van der Waals surface area contributed by atoms with Crippen LogP contribution in [0.3, 0.4) is 0 Å². The van der Waals surface area contributed by atoms with Crippen molar-refractivity contribution in [3.8, 4) is 0 Å². The first-order valence-electron chi connectivity index (χ1n) is 2.64. The lowest BCUT2D eigenvalue weighted by Crippen LogP contribution is -2.43. The fraction of sp³-hybridized carbons (Fsp3) is 0.750. The Kier molecular flexibility index (Phi) is 1.40. The lowest BCUT2D eigenvalue weighted by molar-refractivity contribution is -0.330. The first-order chi connectivity index (χ1) is 4.40. The monoisotopic (exact) mass is 163 g/mol. The Morgan fingerprint density at radius 2 is 1.80 bits per heavy atom. The standard InChI is InChI=1S/C4H7O5P/c5-3(6)4(1-2-4)10(7,8)9/h1-2H2,(H,5,6)(H2,7,8,9)/p-3. The zero-order valence-electron chi connectivity index (χ0n) is 4.90. The van der Waals surface area contributed by atoms with Crippen LogP contribution in [0.4, 0.5) is 0 Å². The second-order valence-corrected chi connectivity index (χ2v) is 4.17. The molecule has 0 spiro atoms. The fourth-order valence-electron chi connectivity index (χ4n) is 0.708. The van der Waals surface area contributed by atoms with E-state index in [2.05, 4.69) is 0 Å². The number of carbonyl (C=O) groups is 1. The zero-order chi connectivity index (χ0) is 7.99. The molecule has 0 amide bonds. The lowest BCUT2D eigenvalue weighted by Gasteiger charge is -2.39. The molecule has 1 saturated carbocycles.